The zero-order valence-electron chi connectivity index (χ0n) is 11.8. The number of hydrogen-bond donors (Lipinski definition) is 0. The summed E-state index contributed by atoms with van der Waals surface area (Å²) < 4.78 is 10.3. The third kappa shape index (κ3) is 3.57. The van der Waals surface area contributed by atoms with Crippen LogP contribution in [0.2, 0.25) is 0 Å². The number of benzene rings is 1. The first-order chi connectivity index (χ1) is 9.58. The summed E-state index contributed by atoms with van der Waals surface area (Å²) in [6, 6.07) is 5.58. The van der Waals surface area contributed by atoms with Gasteiger partial charge in [-0.2, -0.15) is 0 Å². The molecule has 1 saturated heterocycles. The number of amides is 1. The minimum atomic E-state index is -0.451. The quantitative estimate of drug-likeness (QED) is 0.782. The number of aryl methyl sites for hydroxylation is 2. The van der Waals surface area contributed by atoms with E-state index in [9.17, 15) is 9.59 Å². The third-order valence-electron chi connectivity index (χ3n) is 3.30. The zero-order chi connectivity index (χ0) is 14.5. The van der Waals surface area contributed by atoms with Crippen molar-refractivity contribution in [1.82, 2.24) is 4.90 Å². The Morgan fingerprint density at radius 3 is 2.65 bits per heavy atom. The molecule has 5 nitrogen and oxygen atoms in total. The molecule has 1 amide bonds. The lowest BCUT2D eigenvalue weighted by Gasteiger charge is -2.26. The van der Waals surface area contributed by atoms with E-state index >= 15 is 0 Å². The van der Waals surface area contributed by atoms with E-state index in [1.54, 1.807) is 11.0 Å². The Morgan fingerprint density at radius 2 is 1.95 bits per heavy atom. The maximum absolute atomic E-state index is 12.0. The van der Waals surface area contributed by atoms with E-state index in [1.165, 1.54) is 0 Å². The molecule has 5 heteroatoms. The van der Waals surface area contributed by atoms with Gasteiger partial charge in [0, 0.05) is 13.1 Å². The van der Waals surface area contributed by atoms with E-state index in [-0.39, 0.29) is 12.5 Å². The molecule has 0 aromatic heterocycles. The summed E-state index contributed by atoms with van der Waals surface area (Å²) in [6.07, 6.45) is 0. The van der Waals surface area contributed by atoms with Gasteiger partial charge in [0.2, 0.25) is 0 Å². The van der Waals surface area contributed by atoms with Gasteiger partial charge in [-0.05, 0) is 25.5 Å². The van der Waals surface area contributed by atoms with Crippen LogP contribution in [0.5, 0.6) is 0 Å². The molecule has 0 unspecified atom stereocenters. The van der Waals surface area contributed by atoms with Crippen molar-refractivity contribution in [1.29, 1.82) is 0 Å². The fourth-order valence-electron chi connectivity index (χ4n) is 2.06. The fourth-order valence-corrected chi connectivity index (χ4v) is 2.06. The monoisotopic (exact) mass is 277 g/mol. The van der Waals surface area contributed by atoms with Crippen molar-refractivity contribution in [3.05, 3.63) is 34.9 Å². The molecule has 1 aromatic rings. The van der Waals surface area contributed by atoms with Crippen LogP contribution in [0.4, 0.5) is 0 Å². The molecule has 0 atom stereocenters. The molecular formula is C15H19NO4. The van der Waals surface area contributed by atoms with Crippen molar-refractivity contribution >= 4 is 11.9 Å². The number of ether oxygens (including phenoxy) is 2. The van der Waals surface area contributed by atoms with Crippen molar-refractivity contribution in [2.45, 2.75) is 13.8 Å². The topological polar surface area (TPSA) is 55.8 Å². The van der Waals surface area contributed by atoms with Gasteiger partial charge in [-0.3, -0.25) is 4.79 Å². The van der Waals surface area contributed by atoms with Gasteiger partial charge in [0.1, 0.15) is 0 Å². The summed E-state index contributed by atoms with van der Waals surface area (Å²) in [5.41, 5.74) is 2.35. The number of rotatable bonds is 3. The predicted octanol–water partition coefficient (Wildman–Crippen LogP) is 1.32. The third-order valence-corrected chi connectivity index (χ3v) is 3.30. The number of carbonyl (C=O) groups is 2. The van der Waals surface area contributed by atoms with Crippen LogP contribution in [0.1, 0.15) is 21.5 Å². The highest BCUT2D eigenvalue weighted by Gasteiger charge is 2.19. The van der Waals surface area contributed by atoms with Crippen LogP contribution in [0, 0.1) is 13.8 Å². The predicted molar refractivity (Wildman–Crippen MR) is 73.6 cm³/mol. The molecule has 0 spiro atoms. The standard InChI is InChI=1S/C15H19NO4/c1-11-3-4-12(2)13(9-11)15(18)20-10-14(17)16-5-7-19-8-6-16/h3-4,9H,5-8,10H2,1-2H3. The summed E-state index contributed by atoms with van der Waals surface area (Å²) in [6.45, 7) is 5.73. The van der Waals surface area contributed by atoms with Crippen molar-refractivity contribution in [3.63, 3.8) is 0 Å². The molecule has 0 N–H and O–H groups in total. The number of morpholine rings is 1. The first-order valence-corrected chi connectivity index (χ1v) is 6.68. The summed E-state index contributed by atoms with van der Waals surface area (Å²) in [5.74, 6) is -0.625. The van der Waals surface area contributed by atoms with Crippen molar-refractivity contribution in [2.75, 3.05) is 32.9 Å². The number of carbonyl (C=O) groups excluding carboxylic acids is 2. The number of nitrogens with zero attached hydrogens (tertiary/aromatic N) is 1. The van der Waals surface area contributed by atoms with Gasteiger partial charge in [0.15, 0.2) is 6.61 Å². The number of hydrogen-bond acceptors (Lipinski definition) is 4. The maximum atomic E-state index is 12.0. The van der Waals surface area contributed by atoms with E-state index < -0.39 is 5.97 Å². The SMILES string of the molecule is Cc1ccc(C)c(C(=O)OCC(=O)N2CCOCC2)c1. The van der Waals surface area contributed by atoms with Gasteiger partial charge in [-0.25, -0.2) is 4.79 Å². The first kappa shape index (κ1) is 14.5. The minimum Gasteiger partial charge on any atom is -0.452 e. The molecule has 2 rings (SSSR count). The molecule has 0 aliphatic carbocycles. The zero-order valence-corrected chi connectivity index (χ0v) is 11.8. The second kappa shape index (κ2) is 6.52. The van der Waals surface area contributed by atoms with Crippen molar-refractivity contribution in [3.8, 4) is 0 Å². The second-order valence-electron chi connectivity index (χ2n) is 4.89. The summed E-state index contributed by atoms with van der Waals surface area (Å²) in [4.78, 5) is 25.5. The van der Waals surface area contributed by atoms with Gasteiger partial charge in [0.25, 0.3) is 5.91 Å². The molecule has 0 saturated carbocycles. The fraction of sp³-hybridized carbons (Fsp3) is 0.467. The van der Waals surface area contributed by atoms with Crippen molar-refractivity contribution in [2.24, 2.45) is 0 Å². The molecule has 1 fully saturated rings. The van der Waals surface area contributed by atoms with Crippen LogP contribution >= 0.6 is 0 Å². The minimum absolute atomic E-state index is 0.174. The average Bonchev–Trinajstić information content (AvgIpc) is 2.47. The normalized spacial score (nSPS) is 15.0. The molecule has 1 aliphatic heterocycles. The van der Waals surface area contributed by atoms with Gasteiger partial charge >= 0.3 is 5.97 Å². The molecule has 108 valence electrons. The molecule has 1 heterocycles. The van der Waals surface area contributed by atoms with E-state index in [1.807, 2.05) is 26.0 Å². The maximum Gasteiger partial charge on any atom is 0.338 e. The molecule has 1 aliphatic rings. The summed E-state index contributed by atoms with van der Waals surface area (Å²) in [5, 5.41) is 0. The smallest absolute Gasteiger partial charge is 0.338 e. The second-order valence-corrected chi connectivity index (χ2v) is 4.89. The molecule has 0 radical (unpaired) electrons. The van der Waals surface area contributed by atoms with Crippen LogP contribution in [0.15, 0.2) is 18.2 Å². The molecular weight excluding hydrogens is 258 g/mol. The van der Waals surface area contributed by atoms with Crippen LogP contribution in [0.3, 0.4) is 0 Å². The highest BCUT2D eigenvalue weighted by molar-refractivity contribution is 5.92. The molecule has 0 bridgehead atoms. The van der Waals surface area contributed by atoms with Crippen molar-refractivity contribution < 1.29 is 19.1 Å². The highest BCUT2D eigenvalue weighted by atomic mass is 16.5. The van der Waals surface area contributed by atoms with Crippen LogP contribution in [-0.4, -0.2) is 49.7 Å². The lowest BCUT2D eigenvalue weighted by molar-refractivity contribution is -0.138. The Kier molecular flexibility index (Phi) is 4.74. The Hall–Kier alpha value is -1.88. The van der Waals surface area contributed by atoms with E-state index in [0.29, 0.717) is 31.9 Å². The first-order valence-electron chi connectivity index (χ1n) is 6.68. The van der Waals surface area contributed by atoms with E-state index in [4.69, 9.17) is 9.47 Å². The summed E-state index contributed by atoms with van der Waals surface area (Å²) in [7, 11) is 0. The van der Waals surface area contributed by atoms with E-state index in [0.717, 1.165) is 11.1 Å². The molecule has 20 heavy (non-hydrogen) atoms. The van der Waals surface area contributed by atoms with Gasteiger partial charge in [-0.1, -0.05) is 17.7 Å². The lowest BCUT2D eigenvalue weighted by Crippen LogP contribution is -2.42. The Labute approximate surface area is 118 Å². The van der Waals surface area contributed by atoms with Gasteiger partial charge < -0.3 is 14.4 Å². The number of esters is 1. The molecule has 1 aromatic carbocycles. The Balaban J connectivity index is 1.91. The van der Waals surface area contributed by atoms with Crippen LogP contribution in [-0.2, 0) is 14.3 Å². The highest BCUT2D eigenvalue weighted by Crippen LogP contribution is 2.12. The van der Waals surface area contributed by atoms with Crippen LogP contribution in [0.25, 0.3) is 0 Å². The average molecular weight is 277 g/mol. The van der Waals surface area contributed by atoms with E-state index in [2.05, 4.69) is 0 Å². The summed E-state index contributed by atoms with van der Waals surface area (Å²) >= 11 is 0. The largest absolute Gasteiger partial charge is 0.452 e. The van der Waals surface area contributed by atoms with Gasteiger partial charge in [0.05, 0.1) is 18.8 Å². The van der Waals surface area contributed by atoms with Gasteiger partial charge in [-0.15, -0.1) is 0 Å². The Bertz CT molecular complexity index is 507. The van der Waals surface area contributed by atoms with Crippen LogP contribution < -0.4 is 0 Å². The lowest BCUT2D eigenvalue weighted by atomic mass is 10.1. The Morgan fingerprint density at radius 1 is 1.25 bits per heavy atom.